The molecule has 3 nitrogen and oxygen atoms in total. The molecule has 0 unspecified atom stereocenters. The lowest BCUT2D eigenvalue weighted by molar-refractivity contribution is -0.0149. The number of benzene rings is 1. The number of rotatable bonds is 3. The Balaban J connectivity index is 2.34. The highest BCUT2D eigenvalue weighted by atomic mass is 35.5. The molecule has 4 heteroatoms. The molecule has 0 N–H and O–H groups in total. The van der Waals surface area contributed by atoms with Crippen molar-refractivity contribution in [3.8, 4) is 5.75 Å². The summed E-state index contributed by atoms with van der Waals surface area (Å²) in [4.78, 5) is 4.39. The van der Waals surface area contributed by atoms with Crippen LogP contribution in [0.1, 0.15) is 26.3 Å². The fourth-order valence-electron chi connectivity index (χ4n) is 1.69. The molecule has 0 spiro atoms. The van der Waals surface area contributed by atoms with Crippen molar-refractivity contribution in [1.29, 1.82) is 0 Å². The zero-order chi connectivity index (χ0) is 14.0. The summed E-state index contributed by atoms with van der Waals surface area (Å²) in [5, 5.41) is 1.50. The first-order valence-electron chi connectivity index (χ1n) is 6.16. The molecule has 0 bridgehead atoms. The van der Waals surface area contributed by atoms with E-state index in [4.69, 9.17) is 21.1 Å². The van der Waals surface area contributed by atoms with Crippen molar-refractivity contribution in [2.75, 3.05) is 7.11 Å². The number of aromatic nitrogens is 1. The monoisotopic (exact) mass is 279 g/mol. The highest BCUT2D eigenvalue weighted by molar-refractivity contribution is 6.30. The predicted octanol–water partition coefficient (Wildman–Crippen LogP) is 4.21. The van der Waals surface area contributed by atoms with Crippen LogP contribution in [-0.2, 0) is 11.3 Å². The van der Waals surface area contributed by atoms with Gasteiger partial charge in [-0.05, 0) is 39.0 Å². The first kappa shape index (κ1) is 14.1. The zero-order valence-corrected chi connectivity index (χ0v) is 12.4. The Labute approximate surface area is 118 Å². The van der Waals surface area contributed by atoms with Gasteiger partial charge in [0.2, 0.25) is 0 Å². The lowest BCUT2D eigenvalue weighted by atomic mass is 10.1. The minimum atomic E-state index is -0.196. The van der Waals surface area contributed by atoms with Gasteiger partial charge in [-0.25, -0.2) is 4.98 Å². The van der Waals surface area contributed by atoms with E-state index in [-0.39, 0.29) is 5.60 Å². The van der Waals surface area contributed by atoms with Crippen molar-refractivity contribution >= 4 is 22.5 Å². The fourth-order valence-corrected chi connectivity index (χ4v) is 1.89. The molecule has 102 valence electrons. The van der Waals surface area contributed by atoms with Crippen LogP contribution in [0.15, 0.2) is 24.3 Å². The molecule has 0 radical (unpaired) electrons. The van der Waals surface area contributed by atoms with Crippen molar-refractivity contribution in [3.05, 3.63) is 35.0 Å². The molecular formula is C15H18ClNO2. The maximum atomic E-state index is 6.20. The summed E-state index contributed by atoms with van der Waals surface area (Å²) in [6.45, 7) is 6.50. The Morgan fingerprint density at radius 3 is 2.58 bits per heavy atom. The van der Waals surface area contributed by atoms with Crippen LogP contribution in [-0.4, -0.2) is 17.7 Å². The summed E-state index contributed by atoms with van der Waals surface area (Å²) in [6.07, 6.45) is 0. The van der Waals surface area contributed by atoms with E-state index in [9.17, 15) is 0 Å². The molecule has 2 aromatic rings. The first-order valence-corrected chi connectivity index (χ1v) is 6.54. The van der Waals surface area contributed by atoms with Crippen LogP contribution < -0.4 is 4.74 Å². The van der Waals surface area contributed by atoms with Crippen LogP contribution in [0.25, 0.3) is 10.9 Å². The van der Waals surface area contributed by atoms with Crippen molar-refractivity contribution in [1.82, 2.24) is 4.98 Å². The molecule has 0 saturated carbocycles. The Morgan fingerprint density at radius 2 is 1.95 bits per heavy atom. The molecule has 1 aromatic heterocycles. The summed E-state index contributed by atoms with van der Waals surface area (Å²) in [5.74, 6) is 0.773. The maximum Gasteiger partial charge on any atom is 0.135 e. The number of methoxy groups -OCH3 is 1. The van der Waals surface area contributed by atoms with E-state index in [1.807, 2.05) is 45.0 Å². The molecule has 0 saturated heterocycles. The van der Waals surface area contributed by atoms with Crippen LogP contribution in [0.4, 0.5) is 0 Å². The van der Waals surface area contributed by atoms with Crippen molar-refractivity contribution in [3.63, 3.8) is 0 Å². The second kappa shape index (κ2) is 5.35. The van der Waals surface area contributed by atoms with Crippen LogP contribution in [0.5, 0.6) is 5.75 Å². The normalized spacial score (nSPS) is 11.8. The molecule has 2 rings (SSSR count). The largest absolute Gasteiger partial charge is 0.497 e. The number of nitrogens with zero attached hydrogens (tertiary/aromatic N) is 1. The van der Waals surface area contributed by atoms with Gasteiger partial charge in [-0.2, -0.15) is 0 Å². The van der Waals surface area contributed by atoms with Crippen LogP contribution in [0, 0.1) is 0 Å². The van der Waals surface area contributed by atoms with E-state index in [0.717, 1.165) is 22.2 Å². The number of ether oxygens (including phenoxy) is 2. The molecule has 0 amide bonds. The first-order chi connectivity index (χ1) is 8.89. The average molecular weight is 280 g/mol. The van der Waals surface area contributed by atoms with Gasteiger partial charge in [0, 0.05) is 17.0 Å². The minimum absolute atomic E-state index is 0.196. The van der Waals surface area contributed by atoms with Crippen LogP contribution >= 0.6 is 11.6 Å². The molecule has 0 aliphatic rings. The minimum Gasteiger partial charge on any atom is -0.497 e. The lowest BCUT2D eigenvalue weighted by Gasteiger charge is -2.20. The van der Waals surface area contributed by atoms with Gasteiger partial charge in [0.05, 0.1) is 24.8 Å². The van der Waals surface area contributed by atoms with Gasteiger partial charge in [0.25, 0.3) is 0 Å². The van der Waals surface area contributed by atoms with Gasteiger partial charge in [-0.1, -0.05) is 11.6 Å². The highest BCUT2D eigenvalue weighted by Crippen LogP contribution is 2.25. The molecule has 0 fully saturated rings. The van der Waals surface area contributed by atoms with Gasteiger partial charge in [0.1, 0.15) is 10.9 Å². The van der Waals surface area contributed by atoms with Gasteiger partial charge in [0.15, 0.2) is 0 Å². The topological polar surface area (TPSA) is 31.4 Å². The van der Waals surface area contributed by atoms with E-state index in [1.54, 1.807) is 7.11 Å². The fraction of sp³-hybridized carbons (Fsp3) is 0.400. The molecule has 0 atom stereocenters. The molecule has 1 aromatic carbocycles. The number of hydrogen-bond donors (Lipinski definition) is 0. The molecule has 19 heavy (non-hydrogen) atoms. The van der Waals surface area contributed by atoms with Crippen LogP contribution in [0.3, 0.4) is 0 Å². The molecule has 0 aliphatic heterocycles. The van der Waals surface area contributed by atoms with E-state index < -0.39 is 0 Å². The Morgan fingerprint density at radius 1 is 1.21 bits per heavy atom. The number of fused-ring (bicyclic) bond motifs is 1. The van der Waals surface area contributed by atoms with Crippen molar-refractivity contribution in [2.24, 2.45) is 0 Å². The number of hydrogen-bond acceptors (Lipinski definition) is 3. The third-order valence-electron chi connectivity index (χ3n) is 2.71. The molecule has 1 heterocycles. The van der Waals surface area contributed by atoms with Gasteiger partial charge < -0.3 is 9.47 Å². The number of pyridine rings is 1. The van der Waals surface area contributed by atoms with Crippen LogP contribution in [0.2, 0.25) is 5.15 Å². The van der Waals surface area contributed by atoms with E-state index in [0.29, 0.717) is 11.8 Å². The second-order valence-electron chi connectivity index (χ2n) is 5.40. The number of halogens is 1. The van der Waals surface area contributed by atoms with Gasteiger partial charge in [-0.3, -0.25) is 0 Å². The Kier molecular flexibility index (Phi) is 3.97. The second-order valence-corrected chi connectivity index (χ2v) is 5.76. The van der Waals surface area contributed by atoms with E-state index >= 15 is 0 Å². The third-order valence-corrected chi connectivity index (χ3v) is 3.04. The maximum absolute atomic E-state index is 6.20. The van der Waals surface area contributed by atoms with Crippen molar-refractivity contribution < 1.29 is 9.47 Å². The third kappa shape index (κ3) is 3.58. The molecule has 0 aliphatic carbocycles. The quantitative estimate of drug-likeness (QED) is 0.789. The molecular weight excluding hydrogens is 262 g/mol. The average Bonchev–Trinajstić information content (AvgIpc) is 2.34. The predicted molar refractivity (Wildman–Crippen MR) is 77.8 cm³/mol. The summed E-state index contributed by atoms with van der Waals surface area (Å²) >= 11 is 6.20. The Hall–Kier alpha value is -1.32. The SMILES string of the molecule is COc1ccc2cc(COC(C)(C)C)c(Cl)nc2c1. The standard InChI is InChI=1S/C15H18ClNO2/c1-15(2,3)19-9-11-7-10-5-6-12(18-4)8-13(10)17-14(11)16/h5-8H,9H2,1-4H3. The summed E-state index contributed by atoms with van der Waals surface area (Å²) < 4.78 is 10.9. The highest BCUT2D eigenvalue weighted by Gasteiger charge is 2.13. The Bertz CT molecular complexity index is 590. The van der Waals surface area contributed by atoms with Gasteiger partial charge >= 0.3 is 0 Å². The van der Waals surface area contributed by atoms with E-state index in [2.05, 4.69) is 4.98 Å². The van der Waals surface area contributed by atoms with Crippen molar-refractivity contribution in [2.45, 2.75) is 33.0 Å². The smallest absolute Gasteiger partial charge is 0.135 e. The summed E-state index contributed by atoms with van der Waals surface area (Å²) in [5.41, 5.74) is 1.52. The lowest BCUT2D eigenvalue weighted by Crippen LogP contribution is -2.18. The van der Waals surface area contributed by atoms with Gasteiger partial charge in [-0.15, -0.1) is 0 Å². The zero-order valence-electron chi connectivity index (χ0n) is 11.7. The summed E-state index contributed by atoms with van der Waals surface area (Å²) in [7, 11) is 1.63. The summed E-state index contributed by atoms with van der Waals surface area (Å²) in [6, 6.07) is 7.76. The van der Waals surface area contributed by atoms with E-state index in [1.165, 1.54) is 0 Å².